The Hall–Kier alpha value is -2.33. The van der Waals surface area contributed by atoms with E-state index < -0.39 is 17.3 Å². The summed E-state index contributed by atoms with van der Waals surface area (Å²) in [5.41, 5.74) is -0.0865. The van der Waals surface area contributed by atoms with Crippen molar-refractivity contribution in [1.29, 1.82) is 0 Å². The number of nitrogens with one attached hydrogen (secondary N) is 1. The zero-order chi connectivity index (χ0) is 21.0. The Labute approximate surface area is 177 Å². The van der Waals surface area contributed by atoms with Gasteiger partial charge in [0, 0.05) is 22.5 Å². The van der Waals surface area contributed by atoms with Crippen LogP contribution in [0.5, 0.6) is 0 Å². The monoisotopic (exact) mass is 484 g/mol. The Morgan fingerprint density at radius 1 is 1.14 bits per heavy atom. The Morgan fingerprint density at radius 2 is 1.86 bits per heavy atom. The number of nitrogens with zero attached hydrogens (tertiary/aromatic N) is 3. The minimum absolute atomic E-state index is 0.115. The fraction of sp³-hybridized carbons (Fsp3) is 0.211. The van der Waals surface area contributed by atoms with E-state index in [2.05, 4.69) is 31.4 Å². The van der Waals surface area contributed by atoms with Gasteiger partial charge in [-0.2, -0.15) is 13.2 Å². The predicted molar refractivity (Wildman–Crippen MR) is 110 cm³/mol. The molecule has 0 aliphatic rings. The summed E-state index contributed by atoms with van der Waals surface area (Å²) in [4.78, 5) is 12.7. The Morgan fingerprint density at radius 3 is 2.52 bits per heavy atom. The second-order valence-corrected chi connectivity index (χ2v) is 7.86. The van der Waals surface area contributed by atoms with E-state index in [1.807, 2.05) is 24.3 Å². The lowest BCUT2D eigenvalue weighted by Crippen LogP contribution is -2.26. The molecule has 1 heterocycles. The van der Waals surface area contributed by atoms with Crippen LogP contribution >= 0.6 is 27.7 Å². The summed E-state index contributed by atoms with van der Waals surface area (Å²) in [7, 11) is 0. The minimum atomic E-state index is -4.47. The summed E-state index contributed by atoms with van der Waals surface area (Å²) in [6.07, 6.45) is -4.47. The predicted octanol–water partition coefficient (Wildman–Crippen LogP) is 5.48. The first-order valence-electron chi connectivity index (χ1n) is 8.57. The smallest absolute Gasteiger partial charge is 0.334 e. The summed E-state index contributed by atoms with van der Waals surface area (Å²) in [6, 6.07) is 12.4. The number of alkyl halides is 3. The van der Waals surface area contributed by atoms with E-state index in [-0.39, 0.29) is 11.5 Å². The first kappa shape index (κ1) is 21.4. The van der Waals surface area contributed by atoms with Crippen LogP contribution in [-0.4, -0.2) is 14.8 Å². The van der Waals surface area contributed by atoms with Crippen LogP contribution in [-0.2, 0) is 18.5 Å². The third kappa shape index (κ3) is 5.39. The number of halogens is 4. The fourth-order valence-electron chi connectivity index (χ4n) is 2.51. The summed E-state index contributed by atoms with van der Waals surface area (Å²) in [5, 5.41) is 11.1. The van der Waals surface area contributed by atoms with Crippen molar-refractivity contribution in [2.45, 2.75) is 30.6 Å². The number of rotatable bonds is 6. The number of thioether (sulfide) groups is 1. The van der Waals surface area contributed by atoms with Crippen LogP contribution in [0, 0.1) is 0 Å². The standard InChI is InChI=1S/C19H16BrF3N4OS/c1-2-27-17(28)16(24-15-5-3-4-13(10-15)19(21,22)23)25-26-18(27)29-11-12-6-8-14(20)9-7-12/h3-10H,2,11H2,1H3,(H,24,25). The van der Waals surface area contributed by atoms with E-state index in [4.69, 9.17) is 0 Å². The molecule has 0 atom stereocenters. The van der Waals surface area contributed by atoms with Gasteiger partial charge in [0.1, 0.15) is 0 Å². The maximum Gasteiger partial charge on any atom is 0.416 e. The van der Waals surface area contributed by atoms with Crippen molar-refractivity contribution in [3.8, 4) is 0 Å². The quantitative estimate of drug-likeness (QED) is 0.469. The molecule has 0 saturated heterocycles. The molecule has 3 rings (SSSR count). The number of anilines is 2. The lowest BCUT2D eigenvalue weighted by atomic mass is 10.2. The van der Waals surface area contributed by atoms with Gasteiger partial charge in [-0.3, -0.25) is 9.36 Å². The van der Waals surface area contributed by atoms with Crippen molar-refractivity contribution in [2.75, 3.05) is 5.32 Å². The maximum absolute atomic E-state index is 12.9. The van der Waals surface area contributed by atoms with Crippen LogP contribution in [0.2, 0.25) is 0 Å². The third-order valence-corrected chi connectivity index (χ3v) is 5.53. The largest absolute Gasteiger partial charge is 0.416 e. The summed E-state index contributed by atoms with van der Waals surface area (Å²) in [5.74, 6) is 0.473. The number of hydrogen-bond donors (Lipinski definition) is 1. The van der Waals surface area contributed by atoms with Gasteiger partial charge >= 0.3 is 6.18 Å². The molecule has 2 aromatic carbocycles. The van der Waals surface area contributed by atoms with Crippen LogP contribution in [0.1, 0.15) is 18.1 Å². The molecule has 10 heteroatoms. The highest BCUT2D eigenvalue weighted by molar-refractivity contribution is 9.10. The van der Waals surface area contributed by atoms with Gasteiger partial charge in [0.2, 0.25) is 5.82 Å². The average Bonchev–Trinajstić information content (AvgIpc) is 2.69. The zero-order valence-corrected chi connectivity index (χ0v) is 17.6. The average molecular weight is 485 g/mol. The summed E-state index contributed by atoms with van der Waals surface area (Å²) >= 11 is 4.74. The van der Waals surface area contributed by atoms with Crippen molar-refractivity contribution >= 4 is 39.2 Å². The Kier molecular flexibility index (Phi) is 6.63. The molecule has 0 aliphatic carbocycles. The second-order valence-electron chi connectivity index (χ2n) is 6.00. The molecular formula is C19H16BrF3N4OS. The molecule has 0 fully saturated rings. The third-order valence-electron chi connectivity index (χ3n) is 3.96. The lowest BCUT2D eigenvalue weighted by Gasteiger charge is -2.12. The van der Waals surface area contributed by atoms with Crippen LogP contribution in [0.25, 0.3) is 0 Å². The number of hydrogen-bond acceptors (Lipinski definition) is 5. The van der Waals surface area contributed by atoms with Crippen LogP contribution in [0.4, 0.5) is 24.7 Å². The van der Waals surface area contributed by atoms with Gasteiger partial charge in [-0.1, -0.05) is 45.9 Å². The highest BCUT2D eigenvalue weighted by Gasteiger charge is 2.30. The number of benzene rings is 2. The van der Waals surface area contributed by atoms with Gasteiger partial charge in [-0.15, -0.1) is 10.2 Å². The molecule has 1 N–H and O–H groups in total. The molecule has 3 aromatic rings. The molecule has 0 unspecified atom stereocenters. The zero-order valence-electron chi connectivity index (χ0n) is 15.2. The van der Waals surface area contributed by atoms with Crippen LogP contribution < -0.4 is 10.9 Å². The molecule has 1 aromatic heterocycles. The van der Waals surface area contributed by atoms with Crippen molar-refractivity contribution in [2.24, 2.45) is 0 Å². The molecule has 0 saturated carbocycles. The van der Waals surface area contributed by atoms with Gasteiger partial charge in [-0.05, 0) is 42.8 Å². The molecule has 0 spiro atoms. The van der Waals surface area contributed by atoms with Crippen molar-refractivity contribution in [3.05, 3.63) is 74.5 Å². The molecule has 0 bridgehead atoms. The first-order valence-corrected chi connectivity index (χ1v) is 10.3. The van der Waals surface area contributed by atoms with Gasteiger partial charge in [0.15, 0.2) is 5.16 Å². The van der Waals surface area contributed by atoms with Gasteiger partial charge in [0.25, 0.3) is 5.56 Å². The van der Waals surface area contributed by atoms with Crippen LogP contribution in [0.3, 0.4) is 0 Å². The van der Waals surface area contributed by atoms with Crippen molar-refractivity contribution < 1.29 is 13.2 Å². The van der Waals surface area contributed by atoms with Gasteiger partial charge in [0.05, 0.1) is 5.56 Å². The fourth-order valence-corrected chi connectivity index (χ4v) is 3.73. The minimum Gasteiger partial charge on any atom is -0.334 e. The molecule has 0 amide bonds. The van der Waals surface area contributed by atoms with E-state index in [1.54, 1.807) is 6.92 Å². The van der Waals surface area contributed by atoms with Gasteiger partial charge < -0.3 is 5.32 Å². The van der Waals surface area contributed by atoms with E-state index >= 15 is 0 Å². The molecule has 152 valence electrons. The second kappa shape index (κ2) is 9.00. The van der Waals surface area contributed by atoms with E-state index in [0.29, 0.717) is 17.5 Å². The topological polar surface area (TPSA) is 59.8 Å². The highest BCUT2D eigenvalue weighted by Crippen LogP contribution is 2.31. The number of aromatic nitrogens is 3. The Bertz CT molecular complexity index is 1050. The van der Waals surface area contributed by atoms with Crippen molar-refractivity contribution in [1.82, 2.24) is 14.8 Å². The molecular weight excluding hydrogens is 469 g/mol. The Balaban J connectivity index is 1.81. The normalized spacial score (nSPS) is 11.5. The summed E-state index contributed by atoms with van der Waals surface area (Å²) in [6.45, 7) is 2.15. The highest BCUT2D eigenvalue weighted by atomic mass is 79.9. The molecule has 5 nitrogen and oxygen atoms in total. The molecule has 0 aliphatic heterocycles. The lowest BCUT2D eigenvalue weighted by molar-refractivity contribution is -0.137. The maximum atomic E-state index is 12.9. The van der Waals surface area contributed by atoms with E-state index in [9.17, 15) is 18.0 Å². The van der Waals surface area contributed by atoms with Gasteiger partial charge in [-0.25, -0.2) is 0 Å². The molecule has 29 heavy (non-hydrogen) atoms. The first-order chi connectivity index (χ1) is 13.8. The molecule has 0 radical (unpaired) electrons. The summed E-state index contributed by atoms with van der Waals surface area (Å²) < 4.78 is 41.0. The van der Waals surface area contributed by atoms with Crippen LogP contribution in [0.15, 0.2) is 63.0 Å². The SMILES string of the molecule is CCn1c(SCc2ccc(Br)cc2)nnc(Nc2cccc(C(F)(F)F)c2)c1=O. The van der Waals surface area contributed by atoms with Crippen molar-refractivity contribution in [3.63, 3.8) is 0 Å². The van der Waals surface area contributed by atoms with E-state index in [0.717, 1.165) is 22.2 Å². The van der Waals surface area contributed by atoms with E-state index in [1.165, 1.54) is 28.5 Å².